The van der Waals surface area contributed by atoms with Gasteiger partial charge in [-0.2, -0.15) is 0 Å². The van der Waals surface area contributed by atoms with Gasteiger partial charge in [0.15, 0.2) is 0 Å². The molecule has 2 rings (SSSR count). The van der Waals surface area contributed by atoms with Crippen molar-refractivity contribution < 1.29 is 9.47 Å². The Hall–Kier alpha value is -0.540. The average Bonchev–Trinajstić information content (AvgIpc) is 2.45. The first-order chi connectivity index (χ1) is 9.22. The molecule has 1 aliphatic carbocycles. The largest absolute Gasteiger partial charge is 0.496 e. The van der Waals surface area contributed by atoms with E-state index >= 15 is 0 Å². The lowest BCUT2D eigenvalue weighted by molar-refractivity contribution is 0.00174. The Labute approximate surface area is 124 Å². The van der Waals surface area contributed by atoms with Crippen LogP contribution in [-0.2, 0) is 11.3 Å². The van der Waals surface area contributed by atoms with Crippen LogP contribution in [0.5, 0.6) is 5.75 Å². The van der Waals surface area contributed by atoms with Gasteiger partial charge in [-0.1, -0.05) is 32.3 Å². The predicted octanol–water partition coefficient (Wildman–Crippen LogP) is 4.94. The highest BCUT2D eigenvalue weighted by atomic mass is 79.9. The third-order valence-electron chi connectivity index (χ3n) is 4.01. The summed E-state index contributed by atoms with van der Waals surface area (Å²) in [6.45, 7) is 2.98. The van der Waals surface area contributed by atoms with Crippen molar-refractivity contribution in [3.8, 4) is 5.75 Å². The topological polar surface area (TPSA) is 18.5 Å². The van der Waals surface area contributed by atoms with Crippen molar-refractivity contribution >= 4 is 15.9 Å². The quantitative estimate of drug-likeness (QED) is 0.762. The summed E-state index contributed by atoms with van der Waals surface area (Å²) < 4.78 is 12.3. The molecule has 0 aliphatic heterocycles. The van der Waals surface area contributed by atoms with Gasteiger partial charge in [-0.15, -0.1) is 0 Å². The number of hydrogen-bond donors (Lipinski definition) is 0. The molecule has 0 N–H and O–H groups in total. The Morgan fingerprint density at radius 3 is 2.84 bits per heavy atom. The van der Waals surface area contributed by atoms with Gasteiger partial charge in [0, 0.05) is 0 Å². The van der Waals surface area contributed by atoms with Crippen LogP contribution in [0, 0.1) is 5.92 Å². The number of halogens is 1. The molecular weight excluding hydrogens is 304 g/mol. The summed E-state index contributed by atoms with van der Waals surface area (Å²) in [5.74, 6) is 1.73. The highest BCUT2D eigenvalue weighted by Gasteiger charge is 2.21. The first kappa shape index (κ1) is 14.9. The highest BCUT2D eigenvalue weighted by molar-refractivity contribution is 9.10. The second kappa shape index (κ2) is 7.30. The van der Waals surface area contributed by atoms with Gasteiger partial charge in [0.05, 0.1) is 24.3 Å². The van der Waals surface area contributed by atoms with Crippen molar-refractivity contribution in [1.29, 1.82) is 0 Å². The first-order valence-electron chi connectivity index (χ1n) is 7.17. The summed E-state index contributed by atoms with van der Waals surface area (Å²) in [6.07, 6.45) is 6.87. The molecule has 1 aromatic rings. The van der Waals surface area contributed by atoms with Gasteiger partial charge in [0.1, 0.15) is 5.75 Å². The molecule has 1 aliphatic rings. The van der Waals surface area contributed by atoms with Crippen LogP contribution in [0.2, 0.25) is 0 Å². The van der Waals surface area contributed by atoms with Crippen LogP contribution in [-0.4, -0.2) is 13.2 Å². The van der Waals surface area contributed by atoms with Crippen molar-refractivity contribution in [2.24, 2.45) is 5.92 Å². The maximum absolute atomic E-state index is 6.07. The molecule has 0 amide bonds. The Morgan fingerprint density at radius 2 is 2.16 bits per heavy atom. The van der Waals surface area contributed by atoms with E-state index in [0.29, 0.717) is 12.7 Å². The third-order valence-corrected chi connectivity index (χ3v) is 4.63. The van der Waals surface area contributed by atoms with E-state index in [2.05, 4.69) is 35.0 Å². The Bertz CT molecular complexity index is 406. The highest BCUT2D eigenvalue weighted by Crippen LogP contribution is 2.30. The normalized spacial score (nSPS) is 23.3. The monoisotopic (exact) mass is 326 g/mol. The molecule has 0 spiro atoms. The van der Waals surface area contributed by atoms with Crippen molar-refractivity contribution in [2.75, 3.05) is 7.11 Å². The van der Waals surface area contributed by atoms with Crippen LogP contribution in [0.15, 0.2) is 22.7 Å². The molecule has 0 saturated heterocycles. The molecule has 1 aromatic carbocycles. The molecule has 0 radical (unpaired) electrons. The molecule has 2 atom stereocenters. The molecule has 3 heteroatoms. The Balaban J connectivity index is 1.86. The van der Waals surface area contributed by atoms with Crippen LogP contribution < -0.4 is 4.74 Å². The zero-order valence-electron chi connectivity index (χ0n) is 11.8. The van der Waals surface area contributed by atoms with Crippen LogP contribution in [0.1, 0.15) is 44.6 Å². The summed E-state index contributed by atoms with van der Waals surface area (Å²) in [6, 6.07) is 6.14. The van der Waals surface area contributed by atoms with Crippen molar-refractivity contribution in [1.82, 2.24) is 0 Å². The van der Waals surface area contributed by atoms with E-state index in [0.717, 1.165) is 16.1 Å². The van der Waals surface area contributed by atoms with Crippen LogP contribution in [0.4, 0.5) is 0 Å². The second-order valence-electron chi connectivity index (χ2n) is 5.34. The van der Waals surface area contributed by atoms with Gasteiger partial charge in [0.25, 0.3) is 0 Å². The minimum atomic E-state index is 0.444. The maximum Gasteiger partial charge on any atom is 0.133 e. The zero-order valence-corrected chi connectivity index (χ0v) is 13.4. The van der Waals surface area contributed by atoms with Gasteiger partial charge in [-0.25, -0.2) is 0 Å². The van der Waals surface area contributed by atoms with E-state index in [-0.39, 0.29) is 0 Å². The number of benzene rings is 1. The van der Waals surface area contributed by atoms with Gasteiger partial charge in [-0.3, -0.25) is 0 Å². The van der Waals surface area contributed by atoms with Gasteiger partial charge < -0.3 is 9.47 Å². The van der Waals surface area contributed by atoms with E-state index in [1.54, 1.807) is 7.11 Å². The van der Waals surface area contributed by atoms with Gasteiger partial charge in [-0.05, 0) is 52.4 Å². The van der Waals surface area contributed by atoms with E-state index in [1.165, 1.54) is 37.7 Å². The van der Waals surface area contributed by atoms with Crippen molar-refractivity contribution in [2.45, 2.75) is 51.7 Å². The van der Waals surface area contributed by atoms with E-state index in [9.17, 15) is 0 Å². The van der Waals surface area contributed by atoms with E-state index in [4.69, 9.17) is 9.47 Å². The molecule has 0 aromatic heterocycles. The Morgan fingerprint density at radius 1 is 1.32 bits per heavy atom. The average molecular weight is 327 g/mol. The minimum Gasteiger partial charge on any atom is -0.496 e. The van der Waals surface area contributed by atoms with Crippen LogP contribution in [0.3, 0.4) is 0 Å². The first-order valence-corrected chi connectivity index (χ1v) is 7.96. The second-order valence-corrected chi connectivity index (χ2v) is 6.20. The summed E-state index contributed by atoms with van der Waals surface area (Å²) >= 11 is 3.51. The summed E-state index contributed by atoms with van der Waals surface area (Å²) in [7, 11) is 1.68. The van der Waals surface area contributed by atoms with Crippen LogP contribution in [0.25, 0.3) is 0 Å². The maximum atomic E-state index is 6.07. The third kappa shape index (κ3) is 4.22. The fraction of sp³-hybridized carbons (Fsp3) is 0.625. The fourth-order valence-electron chi connectivity index (χ4n) is 2.78. The fourth-order valence-corrected chi connectivity index (χ4v) is 3.37. The molecular formula is C16H23BrO2. The number of ether oxygens (including phenoxy) is 2. The molecule has 0 heterocycles. The molecule has 19 heavy (non-hydrogen) atoms. The summed E-state index contributed by atoms with van der Waals surface area (Å²) in [4.78, 5) is 0. The summed E-state index contributed by atoms with van der Waals surface area (Å²) in [5, 5.41) is 0. The standard InChI is InChI=1S/C16H23BrO2/c1-3-12-5-4-6-14(9-12)19-11-13-7-8-16(18-2)15(17)10-13/h7-8,10,12,14H,3-6,9,11H2,1-2H3. The zero-order chi connectivity index (χ0) is 13.7. The number of hydrogen-bond acceptors (Lipinski definition) is 2. The molecule has 106 valence electrons. The van der Waals surface area contributed by atoms with Crippen LogP contribution >= 0.6 is 15.9 Å². The minimum absolute atomic E-state index is 0.444. The molecule has 1 saturated carbocycles. The Kier molecular flexibility index (Phi) is 5.71. The summed E-state index contributed by atoms with van der Waals surface area (Å²) in [5.41, 5.74) is 1.20. The van der Waals surface area contributed by atoms with Gasteiger partial charge in [0.2, 0.25) is 0 Å². The lowest BCUT2D eigenvalue weighted by Crippen LogP contribution is -2.22. The lowest BCUT2D eigenvalue weighted by Gasteiger charge is -2.28. The number of methoxy groups -OCH3 is 1. The lowest BCUT2D eigenvalue weighted by atomic mass is 9.85. The molecule has 1 fully saturated rings. The van der Waals surface area contributed by atoms with Gasteiger partial charge >= 0.3 is 0 Å². The molecule has 0 bridgehead atoms. The molecule has 2 nitrogen and oxygen atoms in total. The van der Waals surface area contributed by atoms with E-state index < -0.39 is 0 Å². The number of rotatable bonds is 5. The molecule has 2 unspecified atom stereocenters. The van der Waals surface area contributed by atoms with Crippen molar-refractivity contribution in [3.63, 3.8) is 0 Å². The SMILES string of the molecule is CCC1CCCC(OCc2ccc(OC)c(Br)c2)C1. The smallest absolute Gasteiger partial charge is 0.133 e. The van der Waals surface area contributed by atoms with Crippen molar-refractivity contribution in [3.05, 3.63) is 28.2 Å². The van der Waals surface area contributed by atoms with E-state index in [1.807, 2.05) is 6.07 Å². The predicted molar refractivity (Wildman–Crippen MR) is 81.5 cm³/mol.